The summed E-state index contributed by atoms with van der Waals surface area (Å²) < 4.78 is 1.81. The minimum atomic E-state index is 0.103. The molecule has 21 heavy (non-hydrogen) atoms. The Hall–Kier alpha value is -2.21. The standard InChI is InChI=1S/C15H19N5O/c1-12-9-18(2)7-8-20(12)15(21)13-3-5-14(6-4-13)19-10-16-17-11-19/h3-6,10-12H,7-9H2,1-2H3. The Labute approximate surface area is 124 Å². The molecule has 1 aromatic carbocycles. The lowest BCUT2D eigenvalue weighted by Gasteiger charge is -2.38. The van der Waals surface area contributed by atoms with Crippen molar-refractivity contribution in [2.75, 3.05) is 26.7 Å². The SMILES string of the molecule is CC1CN(C)CCN1C(=O)c1ccc(-n2cnnc2)cc1. The van der Waals surface area contributed by atoms with Crippen LogP contribution < -0.4 is 0 Å². The maximum absolute atomic E-state index is 12.6. The number of carbonyl (C=O) groups is 1. The van der Waals surface area contributed by atoms with Gasteiger partial charge < -0.3 is 9.80 Å². The molecule has 1 amide bonds. The van der Waals surface area contributed by atoms with Crippen molar-refractivity contribution in [3.8, 4) is 5.69 Å². The van der Waals surface area contributed by atoms with Gasteiger partial charge in [0.25, 0.3) is 5.91 Å². The zero-order valence-corrected chi connectivity index (χ0v) is 12.3. The van der Waals surface area contributed by atoms with E-state index in [0.717, 1.165) is 30.9 Å². The van der Waals surface area contributed by atoms with Gasteiger partial charge in [-0.15, -0.1) is 10.2 Å². The maximum Gasteiger partial charge on any atom is 0.254 e. The highest BCUT2D eigenvalue weighted by Crippen LogP contribution is 2.15. The molecular formula is C15H19N5O. The lowest BCUT2D eigenvalue weighted by molar-refractivity contribution is 0.0533. The molecule has 1 fully saturated rings. The molecule has 2 heterocycles. The molecule has 6 nitrogen and oxygen atoms in total. The van der Waals surface area contributed by atoms with Crippen LogP contribution in [0.2, 0.25) is 0 Å². The molecule has 6 heteroatoms. The molecule has 1 saturated heterocycles. The van der Waals surface area contributed by atoms with Crippen molar-refractivity contribution >= 4 is 5.91 Å². The van der Waals surface area contributed by atoms with Gasteiger partial charge in [-0.05, 0) is 38.2 Å². The van der Waals surface area contributed by atoms with Crippen molar-refractivity contribution in [2.45, 2.75) is 13.0 Å². The number of carbonyl (C=O) groups excluding carboxylic acids is 1. The first-order valence-corrected chi connectivity index (χ1v) is 7.10. The van der Waals surface area contributed by atoms with Crippen molar-refractivity contribution in [3.63, 3.8) is 0 Å². The third kappa shape index (κ3) is 2.80. The second kappa shape index (κ2) is 5.65. The molecule has 110 valence electrons. The molecule has 2 aromatic rings. The summed E-state index contributed by atoms with van der Waals surface area (Å²) in [5.41, 5.74) is 1.67. The Morgan fingerprint density at radius 2 is 1.81 bits per heavy atom. The summed E-state index contributed by atoms with van der Waals surface area (Å²) in [6.45, 7) is 4.72. The highest BCUT2D eigenvalue weighted by atomic mass is 16.2. The summed E-state index contributed by atoms with van der Waals surface area (Å²) in [7, 11) is 2.09. The predicted molar refractivity (Wildman–Crippen MR) is 79.4 cm³/mol. The fourth-order valence-electron chi connectivity index (χ4n) is 2.72. The number of aromatic nitrogens is 3. The van der Waals surface area contributed by atoms with Gasteiger partial charge in [0.2, 0.25) is 0 Å². The van der Waals surface area contributed by atoms with Gasteiger partial charge in [0.1, 0.15) is 12.7 Å². The fraction of sp³-hybridized carbons (Fsp3) is 0.400. The quantitative estimate of drug-likeness (QED) is 0.827. The third-order valence-electron chi connectivity index (χ3n) is 3.92. The highest BCUT2D eigenvalue weighted by molar-refractivity contribution is 5.94. The zero-order valence-electron chi connectivity index (χ0n) is 12.3. The Morgan fingerprint density at radius 1 is 1.14 bits per heavy atom. The average molecular weight is 285 g/mol. The van der Waals surface area contributed by atoms with Gasteiger partial charge in [-0.3, -0.25) is 9.36 Å². The molecule has 1 atom stereocenters. The minimum Gasteiger partial charge on any atom is -0.333 e. The lowest BCUT2D eigenvalue weighted by Crippen LogP contribution is -2.52. The number of amides is 1. The van der Waals surface area contributed by atoms with Crippen molar-refractivity contribution in [3.05, 3.63) is 42.5 Å². The molecule has 1 aliphatic heterocycles. The monoisotopic (exact) mass is 285 g/mol. The summed E-state index contributed by atoms with van der Waals surface area (Å²) >= 11 is 0. The number of nitrogens with zero attached hydrogens (tertiary/aromatic N) is 5. The first-order chi connectivity index (χ1) is 10.1. The topological polar surface area (TPSA) is 54.3 Å². The van der Waals surface area contributed by atoms with Crippen LogP contribution in [-0.2, 0) is 0 Å². The van der Waals surface area contributed by atoms with Crippen molar-refractivity contribution < 1.29 is 4.79 Å². The van der Waals surface area contributed by atoms with Gasteiger partial charge in [-0.25, -0.2) is 0 Å². The second-order valence-electron chi connectivity index (χ2n) is 5.53. The van der Waals surface area contributed by atoms with Crippen molar-refractivity contribution in [1.82, 2.24) is 24.6 Å². The summed E-state index contributed by atoms with van der Waals surface area (Å²) in [5.74, 6) is 0.103. The van der Waals surface area contributed by atoms with Crippen LogP contribution in [0.1, 0.15) is 17.3 Å². The summed E-state index contributed by atoms with van der Waals surface area (Å²) in [4.78, 5) is 16.8. The van der Waals surface area contributed by atoms with Crippen LogP contribution in [0.5, 0.6) is 0 Å². The van der Waals surface area contributed by atoms with E-state index in [-0.39, 0.29) is 11.9 Å². The summed E-state index contributed by atoms with van der Waals surface area (Å²) in [6.07, 6.45) is 3.28. The van der Waals surface area contributed by atoms with Crippen molar-refractivity contribution in [2.24, 2.45) is 0 Å². The van der Waals surface area contributed by atoms with Crippen LogP contribution in [0, 0.1) is 0 Å². The first-order valence-electron chi connectivity index (χ1n) is 7.10. The fourth-order valence-corrected chi connectivity index (χ4v) is 2.72. The molecule has 0 N–H and O–H groups in total. The number of hydrogen-bond donors (Lipinski definition) is 0. The molecule has 0 spiro atoms. The number of rotatable bonds is 2. The summed E-state index contributed by atoms with van der Waals surface area (Å²) in [5, 5.41) is 7.56. The molecule has 1 aliphatic rings. The Balaban J connectivity index is 1.76. The Kier molecular flexibility index (Phi) is 3.70. The van der Waals surface area contributed by atoms with Crippen LogP contribution >= 0.6 is 0 Å². The normalized spacial score (nSPS) is 19.7. The second-order valence-corrected chi connectivity index (χ2v) is 5.53. The van der Waals surface area contributed by atoms with E-state index in [4.69, 9.17) is 0 Å². The molecular weight excluding hydrogens is 266 g/mol. The van der Waals surface area contributed by atoms with E-state index in [2.05, 4.69) is 29.1 Å². The number of likely N-dealkylation sites (N-methyl/N-ethyl adjacent to an activating group) is 1. The van der Waals surface area contributed by atoms with Crippen LogP contribution in [-0.4, -0.2) is 63.2 Å². The van der Waals surface area contributed by atoms with Gasteiger partial charge in [-0.2, -0.15) is 0 Å². The Bertz CT molecular complexity index is 608. The molecule has 0 aliphatic carbocycles. The van der Waals surface area contributed by atoms with Crippen LogP contribution in [0.25, 0.3) is 5.69 Å². The van der Waals surface area contributed by atoms with Crippen LogP contribution in [0.3, 0.4) is 0 Å². The largest absolute Gasteiger partial charge is 0.333 e. The molecule has 0 radical (unpaired) electrons. The lowest BCUT2D eigenvalue weighted by atomic mass is 10.1. The van der Waals surface area contributed by atoms with Gasteiger partial charge in [0.05, 0.1) is 0 Å². The van der Waals surface area contributed by atoms with Gasteiger partial charge in [0.15, 0.2) is 0 Å². The van der Waals surface area contributed by atoms with Gasteiger partial charge in [0, 0.05) is 36.9 Å². The zero-order chi connectivity index (χ0) is 14.8. The Morgan fingerprint density at radius 3 is 2.43 bits per heavy atom. The average Bonchev–Trinajstić information content (AvgIpc) is 3.01. The highest BCUT2D eigenvalue weighted by Gasteiger charge is 2.26. The minimum absolute atomic E-state index is 0.103. The predicted octanol–water partition coefficient (Wildman–Crippen LogP) is 1.04. The van der Waals surface area contributed by atoms with Crippen LogP contribution in [0.15, 0.2) is 36.9 Å². The smallest absolute Gasteiger partial charge is 0.254 e. The van der Waals surface area contributed by atoms with E-state index in [1.54, 1.807) is 12.7 Å². The molecule has 0 saturated carbocycles. The molecule has 1 aromatic heterocycles. The third-order valence-corrected chi connectivity index (χ3v) is 3.92. The summed E-state index contributed by atoms with van der Waals surface area (Å²) in [6, 6.07) is 7.80. The maximum atomic E-state index is 12.6. The van der Waals surface area contributed by atoms with E-state index in [0.29, 0.717) is 0 Å². The van der Waals surface area contributed by atoms with Crippen LogP contribution in [0.4, 0.5) is 0 Å². The number of benzene rings is 1. The van der Waals surface area contributed by atoms with E-state index in [9.17, 15) is 4.79 Å². The van der Waals surface area contributed by atoms with Gasteiger partial charge in [-0.1, -0.05) is 0 Å². The number of hydrogen-bond acceptors (Lipinski definition) is 4. The van der Waals surface area contributed by atoms with Crippen molar-refractivity contribution in [1.29, 1.82) is 0 Å². The molecule has 1 unspecified atom stereocenters. The first kappa shape index (κ1) is 13.8. The molecule has 3 rings (SSSR count). The van der Waals surface area contributed by atoms with E-state index in [1.165, 1.54) is 0 Å². The van der Waals surface area contributed by atoms with E-state index in [1.807, 2.05) is 33.7 Å². The van der Waals surface area contributed by atoms with Gasteiger partial charge >= 0.3 is 0 Å². The molecule has 0 bridgehead atoms. The van der Waals surface area contributed by atoms with E-state index >= 15 is 0 Å². The van der Waals surface area contributed by atoms with E-state index < -0.39 is 0 Å². The number of piperazine rings is 1.